The molecule has 0 fully saturated rings. The van der Waals surface area contributed by atoms with Gasteiger partial charge in [-0.25, -0.2) is 9.98 Å². The van der Waals surface area contributed by atoms with Gasteiger partial charge in [0.25, 0.3) is 0 Å². The summed E-state index contributed by atoms with van der Waals surface area (Å²) >= 11 is 6.37. The molecule has 0 unspecified atom stereocenters. The van der Waals surface area contributed by atoms with E-state index in [4.69, 9.17) is 18.0 Å². The van der Waals surface area contributed by atoms with Crippen LogP contribution in [-0.4, -0.2) is 16.2 Å². The van der Waals surface area contributed by atoms with E-state index in [2.05, 4.69) is 9.98 Å². The summed E-state index contributed by atoms with van der Waals surface area (Å²) in [6.07, 6.45) is 3.50. The van der Waals surface area contributed by atoms with Crippen molar-refractivity contribution in [2.75, 3.05) is 0 Å². The van der Waals surface area contributed by atoms with Crippen molar-refractivity contribution in [3.8, 4) is 0 Å². The lowest BCUT2D eigenvalue weighted by Gasteiger charge is -1.97. The monoisotopic (exact) mass is 247 g/mol. The summed E-state index contributed by atoms with van der Waals surface area (Å²) in [5, 5.41) is 2.64. The van der Waals surface area contributed by atoms with Gasteiger partial charge in [0.2, 0.25) is 5.13 Å². The summed E-state index contributed by atoms with van der Waals surface area (Å²) in [6.45, 7) is 0. The van der Waals surface area contributed by atoms with E-state index >= 15 is 0 Å². The Balaban J connectivity index is 2.14. The summed E-state index contributed by atoms with van der Waals surface area (Å²) in [5.41, 5.74) is 7.36. The van der Waals surface area contributed by atoms with E-state index in [0.717, 1.165) is 16.3 Å². The van der Waals surface area contributed by atoms with Gasteiger partial charge in [0.1, 0.15) is 4.99 Å². The molecule has 0 aliphatic heterocycles. The molecule has 3 nitrogen and oxygen atoms in total. The molecule has 2 aromatic rings. The lowest BCUT2D eigenvalue weighted by molar-refractivity contribution is 1.36. The molecule has 0 spiro atoms. The van der Waals surface area contributed by atoms with Gasteiger partial charge in [0, 0.05) is 23.4 Å². The van der Waals surface area contributed by atoms with Crippen molar-refractivity contribution in [2.45, 2.75) is 0 Å². The molecule has 0 atom stereocenters. The lowest BCUT2D eigenvalue weighted by atomic mass is 10.1. The molecule has 0 aliphatic carbocycles. The zero-order valence-electron chi connectivity index (χ0n) is 8.33. The molecule has 1 aromatic heterocycles. The highest BCUT2D eigenvalue weighted by molar-refractivity contribution is 7.80. The van der Waals surface area contributed by atoms with Crippen molar-refractivity contribution in [1.82, 2.24) is 4.98 Å². The fraction of sp³-hybridized carbons (Fsp3) is 0. The predicted octanol–water partition coefficient (Wildman–Crippen LogP) is 2.53. The van der Waals surface area contributed by atoms with Gasteiger partial charge in [0.15, 0.2) is 0 Å². The highest BCUT2D eigenvalue weighted by Crippen LogP contribution is 2.14. The highest BCUT2D eigenvalue weighted by Gasteiger charge is 1.95. The van der Waals surface area contributed by atoms with Crippen LogP contribution in [0.3, 0.4) is 0 Å². The Labute approximate surface area is 103 Å². The fourth-order valence-corrected chi connectivity index (χ4v) is 1.76. The molecular weight excluding hydrogens is 238 g/mol. The van der Waals surface area contributed by atoms with Crippen LogP contribution < -0.4 is 5.73 Å². The van der Waals surface area contributed by atoms with E-state index < -0.39 is 0 Å². The number of aromatic nitrogens is 1. The van der Waals surface area contributed by atoms with Gasteiger partial charge >= 0.3 is 0 Å². The first-order valence-corrected chi connectivity index (χ1v) is 5.88. The minimum atomic E-state index is 0.406. The van der Waals surface area contributed by atoms with Crippen molar-refractivity contribution >= 4 is 39.9 Å². The van der Waals surface area contributed by atoms with Crippen LogP contribution in [0, 0.1) is 0 Å². The van der Waals surface area contributed by atoms with Crippen LogP contribution in [0.1, 0.15) is 11.1 Å². The lowest BCUT2D eigenvalue weighted by Crippen LogP contribution is -2.08. The first kappa shape index (κ1) is 10.9. The van der Waals surface area contributed by atoms with Crippen molar-refractivity contribution < 1.29 is 0 Å². The second kappa shape index (κ2) is 4.96. The minimum absolute atomic E-state index is 0.406. The second-order valence-electron chi connectivity index (χ2n) is 3.06. The van der Waals surface area contributed by atoms with Crippen molar-refractivity contribution in [3.05, 3.63) is 47.0 Å². The van der Waals surface area contributed by atoms with Gasteiger partial charge in [-0.3, -0.25) is 0 Å². The Morgan fingerprint density at radius 2 is 2.12 bits per heavy atom. The van der Waals surface area contributed by atoms with Gasteiger partial charge < -0.3 is 5.73 Å². The summed E-state index contributed by atoms with van der Waals surface area (Å²) in [6, 6.07) is 7.61. The molecule has 1 heterocycles. The molecule has 2 rings (SSSR count). The quantitative estimate of drug-likeness (QED) is 0.670. The molecule has 5 heteroatoms. The first-order valence-electron chi connectivity index (χ1n) is 4.59. The summed E-state index contributed by atoms with van der Waals surface area (Å²) in [7, 11) is 0. The average molecular weight is 247 g/mol. The molecule has 16 heavy (non-hydrogen) atoms. The first-order chi connectivity index (χ1) is 7.75. The molecule has 2 N–H and O–H groups in total. The van der Waals surface area contributed by atoms with Gasteiger partial charge in [-0.2, -0.15) is 0 Å². The Morgan fingerprint density at radius 3 is 2.69 bits per heavy atom. The largest absolute Gasteiger partial charge is 0.389 e. The number of thiocarbonyl (C=S) groups is 1. The summed E-state index contributed by atoms with van der Waals surface area (Å²) in [5.74, 6) is 0. The van der Waals surface area contributed by atoms with Crippen molar-refractivity contribution in [2.24, 2.45) is 10.7 Å². The van der Waals surface area contributed by atoms with Crippen molar-refractivity contribution in [3.63, 3.8) is 0 Å². The van der Waals surface area contributed by atoms with Crippen LogP contribution in [0.4, 0.5) is 5.13 Å². The molecule has 0 radical (unpaired) electrons. The Kier molecular flexibility index (Phi) is 3.38. The summed E-state index contributed by atoms with van der Waals surface area (Å²) < 4.78 is 0. The van der Waals surface area contributed by atoms with E-state index in [-0.39, 0.29) is 0 Å². The molecule has 80 valence electrons. The maximum Gasteiger partial charge on any atom is 0.208 e. The van der Waals surface area contributed by atoms with Crippen LogP contribution >= 0.6 is 23.6 Å². The predicted molar refractivity (Wildman–Crippen MR) is 71.7 cm³/mol. The smallest absolute Gasteiger partial charge is 0.208 e. The van der Waals surface area contributed by atoms with Crippen LogP contribution in [0.5, 0.6) is 0 Å². The fourth-order valence-electron chi connectivity index (χ4n) is 1.14. The number of thiazole rings is 1. The summed E-state index contributed by atoms with van der Waals surface area (Å²) in [4.78, 5) is 8.69. The van der Waals surface area contributed by atoms with E-state index in [0.29, 0.717) is 4.99 Å². The number of hydrogen-bond donors (Lipinski definition) is 1. The number of aliphatic imine (C=N–C) groups is 1. The number of rotatable bonds is 3. The van der Waals surface area contributed by atoms with Gasteiger partial charge in [-0.15, -0.1) is 11.3 Å². The third kappa shape index (κ3) is 2.71. The third-order valence-electron chi connectivity index (χ3n) is 1.94. The molecule has 1 aromatic carbocycles. The Morgan fingerprint density at radius 1 is 1.38 bits per heavy atom. The minimum Gasteiger partial charge on any atom is -0.389 e. The van der Waals surface area contributed by atoms with E-state index in [1.54, 1.807) is 12.4 Å². The average Bonchev–Trinajstić information content (AvgIpc) is 2.80. The molecular formula is C11H9N3S2. The molecule has 0 saturated heterocycles. The third-order valence-corrected chi connectivity index (χ3v) is 2.85. The zero-order chi connectivity index (χ0) is 11.4. The van der Waals surface area contributed by atoms with Gasteiger partial charge in [-0.05, 0) is 5.56 Å². The van der Waals surface area contributed by atoms with E-state index in [9.17, 15) is 0 Å². The molecule has 0 bridgehead atoms. The van der Waals surface area contributed by atoms with Crippen LogP contribution in [-0.2, 0) is 0 Å². The van der Waals surface area contributed by atoms with Crippen LogP contribution in [0.25, 0.3) is 0 Å². The molecule has 0 aliphatic rings. The number of nitrogens with zero attached hydrogens (tertiary/aromatic N) is 2. The topological polar surface area (TPSA) is 51.3 Å². The van der Waals surface area contributed by atoms with Crippen LogP contribution in [0.2, 0.25) is 0 Å². The van der Waals surface area contributed by atoms with Crippen molar-refractivity contribution in [1.29, 1.82) is 0 Å². The highest BCUT2D eigenvalue weighted by atomic mass is 32.1. The standard InChI is InChI=1S/C11H9N3S2/c12-10(15)9-3-1-8(2-4-9)7-14-11-13-5-6-16-11/h1-7H,(H2,12,15)/b14-7+. The second-order valence-corrected chi connectivity index (χ2v) is 4.37. The normalized spacial score (nSPS) is 10.8. The van der Waals surface area contributed by atoms with E-state index in [1.807, 2.05) is 29.6 Å². The SMILES string of the molecule is NC(=S)c1ccc(/C=N/c2nccs2)cc1. The zero-order valence-corrected chi connectivity index (χ0v) is 9.96. The van der Waals surface area contributed by atoms with Gasteiger partial charge in [-0.1, -0.05) is 36.5 Å². The molecule has 0 amide bonds. The number of benzene rings is 1. The number of nitrogens with two attached hydrogens (primary N) is 1. The maximum absolute atomic E-state index is 5.50. The van der Waals surface area contributed by atoms with E-state index in [1.165, 1.54) is 11.3 Å². The Bertz CT molecular complexity index is 501. The number of hydrogen-bond acceptors (Lipinski definition) is 4. The van der Waals surface area contributed by atoms with Crippen LogP contribution in [0.15, 0.2) is 40.8 Å². The molecule has 0 saturated carbocycles. The maximum atomic E-state index is 5.50. The van der Waals surface area contributed by atoms with Gasteiger partial charge in [0.05, 0.1) is 0 Å². The Hall–Kier alpha value is -1.59.